The molecule has 0 spiro atoms. The van der Waals surface area contributed by atoms with Crippen LogP contribution in [0.4, 0.5) is 13.2 Å². The van der Waals surface area contributed by atoms with Crippen LogP contribution in [0.3, 0.4) is 0 Å². The summed E-state index contributed by atoms with van der Waals surface area (Å²) in [6, 6.07) is 5.17. The molecule has 9 heteroatoms. The highest BCUT2D eigenvalue weighted by molar-refractivity contribution is 5.76. The Morgan fingerprint density at radius 2 is 2.14 bits per heavy atom. The maximum atomic E-state index is 11.9. The monoisotopic (exact) mass is 300 g/mol. The average molecular weight is 300 g/mol. The highest BCUT2D eigenvalue weighted by Gasteiger charge is 2.27. The fourth-order valence-corrected chi connectivity index (χ4v) is 1.46. The number of nitrogens with one attached hydrogen (secondary N) is 1. The zero-order valence-corrected chi connectivity index (χ0v) is 10.7. The van der Waals surface area contributed by atoms with E-state index in [1.54, 1.807) is 29.7 Å². The maximum absolute atomic E-state index is 11.9. The van der Waals surface area contributed by atoms with E-state index in [1.807, 2.05) is 0 Å². The van der Waals surface area contributed by atoms with E-state index in [0.717, 1.165) is 0 Å². The van der Waals surface area contributed by atoms with Crippen LogP contribution in [-0.4, -0.2) is 33.8 Å². The molecule has 6 nitrogen and oxygen atoms in total. The van der Waals surface area contributed by atoms with Gasteiger partial charge in [-0.3, -0.25) is 9.78 Å². The molecule has 0 unspecified atom stereocenters. The van der Waals surface area contributed by atoms with Crippen LogP contribution in [-0.2, 0) is 11.2 Å². The van der Waals surface area contributed by atoms with Crippen LogP contribution in [0, 0.1) is 0 Å². The van der Waals surface area contributed by atoms with Gasteiger partial charge < -0.3 is 9.84 Å². The van der Waals surface area contributed by atoms with Crippen LogP contribution in [0.15, 0.2) is 28.9 Å². The van der Waals surface area contributed by atoms with Crippen molar-refractivity contribution in [2.24, 2.45) is 0 Å². The molecule has 0 fully saturated rings. The standard InChI is InChI=1S/C12H11F3N4O2/c13-12(14,15)7-17-9(20)4-5-10-18-11(19-21-10)8-3-1-2-6-16-8/h1-3,6H,4-5,7H2,(H,17,20). The molecule has 2 aromatic heterocycles. The van der Waals surface area contributed by atoms with Crippen molar-refractivity contribution in [1.82, 2.24) is 20.4 Å². The largest absolute Gasteiger partial charge is 0.405 e. The summed E-state index contributed by atoms with van der Waals surface area (Å²) in [7, 11) is 0. The smallest absolute Gasteiger partial charge is 0.347 e. The molecule has 1 amide bonds. The summed E-state index contributed by atoms with van der Waals surface area (Å²) >= 11 is 0. The molecule has 2 heterocycles. The van der Waals surface area contributed by atoms with Crippen molar-refractivity contribution < 1.29 is 22.5 Å². The first kappa shape index (κ1) is 14.9. The van der Waals surface area contributed by atoms with E-state index in [2.05, 4.69) is 15.1 Å². The molecule has 0 saturated heterocycles. The van der Waals surface area contributed by atoms with Crippen molar-refractivity contribution >= 4 is 5.91 Å². The first-order chi connectivity index (χ1) is 9.94. The molecule has 0 saturated carbocycles. The van der Waals surface area contributed by atoms with E-state index >= 15 is 0 Å². The third-order valence-corrected chi connectivity index (χ3v) is 2.41. The molecule has 0 atom stereocenters. The molecule has 2 rings (SSSR count). The lowest BCUT2D eigenvalue weighted by atomic mass is 10.3. The number of hydrogen-bond acceptors (Lipinski definition) is 5. The Morgan fingerprint density at radius 1 is 1.33 bits per heavy atom. The second-order valence-corrected chi connectivity index (χ2v) is 4.12. The van der Waals surface area contributed by atoms with Crippen LogP contribution in [0.25, 0.3) is 11.5 Å². The molecule has 0 aliphatic rings. The number of alkyl halides is 3. The Hall–Kier alpha value is -2.45. The molecule has 0 aliphatic carbocycles. The van der Waals surface area contributed by atoms with E-state index in [0.29, 0.717) is 5.69 Å². The number of carbonyl (C=O) groups excluding carboxylic acids is 1. The van der Waals surface area contributed by atoms with Crippen molar-refractivity contribution in [3.8, 4) is 11.5 Å². The third-order valence-electron chi connectivity index (χ3n) is 2.41. The summed E-state index contributed by atoms with van der Waals surface area (Å²) in [5.41, 5.74) is 0.508. The molecule has 0 radical (unpaired) electrons. The van der Waals surface area contributed by atoms with Crippen molar-refractivity contribution in [3.05, 3.63) is 30.3 Å². The van der Waals surface area contributed by atoms with Gasteiger partial charge in [-0.05, 0) is 12.1 Å². The predicted octanol–water partition coefficient (Wildman–Crippen LogP) is 1.74. The summed E-state index contributed by atoms with van der Waals surface area (Å²) in [6.45, 7) is -1.35. The number of rotatable bonds is 5. The summed E-state index contributed by atoms with van der Waals surface area (Å²) in [5, 5.41) is 5.45. The number of nitrogens with zero attached hydrogens (tertiary/aromatic N) is 3. The van der Waals surface area contributed by atoms with Crippen LogP contribution in [0.2, 0.25) is 0 Å². The average Bonchev–Trinajstić information content (AvgIpc) is 2.92. The molecule has 1 N–H and O–H groups in total. The van der Waals surface area contributed by atoms with E-state index < -0.39 is 18.6 Å². The Kier molecular flexibility index (Phi) is 4.51. The van der Waals surface area contributed by atoms with Crippen LogP contribution >= 0.6 is 0 Å². The highest BCUT2D eigenvalue weighted by Crippen LogP contribution is 2.14. The molecule has 21 heavy (non-hydrogen) atoms. The zero-order valence-electron chi connectivity index (χ0n) is 10.7. The molecule has 2 aromatic rings. The van der Waals surface area contributed by atoms with Gasteiger partial charge in [0.05, 0.1) is 0 Å². The highest BCUT2D eigenvalue weighted by atomic mass is 19.4. The van der Waals surface area contributed by atoms with Crippen molar-refractivity contribution in [2.75, 3.05) is 6.54 Å². The fraction of sp³-hybridized carbons (Fsp3) is 0.333. The topological polar surface area (TPSA) is 80.9 Å². The normalized spacial score (nSPS) is 11.4. The van der Waals surface area contributed by atoms with Gasteiger partial charge in [0.2, 0.25) is 17.6 Å². The lowest BCUT2D eigenvalue weighted by Gasteiger charge is -2.07. The zero-order chi connectivity index (χ0) is 15.3. The first-order valence-corrected chi connectivity index (χ1v) is 6.01. The minimum absolute atomic E-state index is 0.0591. The molecule has 112 valence electrons. The van der Waals surface area contributed by atoms with Crippen molar-refractivity contribution in [2.45, 2.75) is 19.0 Å². The maximum Gasteiger partial charge on any atom is 0.405 e. The SMILES string of the molecule is O=C(CCc1nc(-c2ccccn2)no1)NCC(F)(F)F. The second-order valence-electron chi connectivity index (χ2n) is 4.12. The van der Waals surface area contributed by atoms with Gasteiger partial charge in [-0.1, -0.05) is 11.2 Å². The Morgan fingerprint density at radius 3 is 2.81 bits per heavy atom. The van der Waals surface area contributed by atoms with Crippen molar-refractivity contribution in [1.29, 1.82) is 0 Å². The van der Waals surface area contributed by atoms with E-state index in [1.165, 1.54) is 0 Å². The van der Waals surface area contributed by atoms with Crippen molar-refractivity contribution in [3.63, 3.8) is 0 Å². The predicted molar refractivity (Wildman–Crippen MR) is 64.9 cm³/mol. The molecule has 0 aliphatic heterocycles. The number of hydrogen-bond donors (Lipinski definition) is 1. The Balaban J connectivity index is 1.85. The van der Waals surface area contributed by atoms with Gasteiger partial charge in [0.15, 0.2) is 0 Å². The molecular weight excluding hydrogens is 289 g/mol. The summed E-state index contributed by atoms with van der Waals surface area (Å²) in [6.07, 6.45) is -2.97. The van der Waals surface area contributed by atoms with Gasteiger partial charge >= 0.3 is 6.18 Å². The number of halogens is 3. The minimum Gasteiger partial charge on any atom is -0.347 e. The molecule has 0 aromatic carbocycles. The van der Waals surface area contributed by atoms with Gasteiger partial charge in [-0.15, -0.1) is 0 Å². The van der Waals surface area contributed by atoms with Crippen LogP contribution in [0.5, 0.6) is 0 Å². The van der Waals surface area contributed by atoms with Gasteiger partial charge in [0.1, 0.15) is 12.2 Å². The van der Waals surface area contributed by atoms with E-state index in [4.69, 9.17) is 4.52 Å². The number of amides is 1. The van der Waals surface area contributed by atoms with Crippen LogP contribution < -0.4 is 5.32 Å². The number of aromatic nitrogens is 3. The fourth-order valence-electron chi connectivity index (χ4n) is 1.46. The third kappa shape index (κ3) is 4.86. The summed E-state index contributed by atoms with van der Waals surface area (Å²) in [4.78, 5) is 19.3. The van der Waals surface area contributed by atoms with Gasteiger partial charge in [0.25, 0.3) is 0 Å². The number of aryl methyl sites for hydroxylation is 1. The van der Waals surface area contributed by atoms with Gasteiger partial charge in [-0.2, -0.15) is 18.2 Å². The number of pyridine rings is 1. The molecule has 0 bridgehead atoms. The van der Waals surface area contributed by atoms with Gasteiger partial charge in [-0.25, -0.2) is 0 Å². The lowest BCUT2D eigenvalue weighted by molar-refractivity contribution is -0.138. The van der Waals surface area contributed by atoms with Crippen LogP contribution in [0.1, 0.15) is 12.3 Å². The Bertz CT molecular complexity index is 598. The summed E-state index contributed by atoms with van der Waals surface area (Å²) < 4.78 is 40.6. The summed E-state index contributed by atoms with van der Waals surface area (Å²) in [5.74, 6) is -0.302. The van der Waals surface area contributed by atoms with Gasteiger partial charge in [0, 0.05) is 19.0 Å². The number of carbonyl (C=O) groups is 1. The van der Waals surface area contributed by atoms with E-state index in [-0.39, 0.29) is 24.6 Å². The molecular formula is C12H11F3N4O2. The van der Waals surface area contributed by atoms with E-state index in [9.17, 15) is 18.0 Å². The minimum atomic E-state index is -4.42. The lowest BCUT2D eigenvalue weighted by Crippen LogP contribution is -2.33. The Labute approximate surface area is 117 Å². The second kappa shape index (κ2) is 6.33. The quantitative estimate of drug-likeness (QED) is 0.909. The first-order valence-electron chi connectivity index (χ1n) is 6.01.